The number of halogens is 3. The van der Waals surface area contributed by atoms with Gasteiger partial charge in [-0.05, 0) is 12.1 Å². The number of anilines is 2. The highest BCUT2D eigenvalue weighted by Crippen LogP contribution is 2.34. The van der Waals surface area contributed by atoms with Crippen LogP contribution in [0.15, 0.2) is 24.3 Å². The lowest BCUT2D eigenvalue weighted by atomic mass is 10.3. The van der Waals surface area contributed by atoms with Gasteiger partial charge in [0.25, 0.3) is 0 Å². The van der Waals surface area contributed by atoms with Crippen molar-refractivity contribution in [3.8, 4) is 5.75 Å². The molecule has 20 heavy (non-hydrogen) atoms. The van der Waals surface area contributed by atoms with Crippen LogP contribution in [0.25, 0.3) is 0 Å². The van der Waals surface area contributed by atoms with Crippen molar-refractivity contribution in [2.24, 2.45) is 5.73 Å². The molecule has 2 rings (SSSR count). The highest BCUT2D eigenvalue weighted by atomic mass is 32.1. The van der Waals surface area contributed by atoms with Gasteiger partial charge in [-0.3, -0.25) is 0 Å². The molecule has 1 aromatic heterocycles. The van der Waals surface area contributed by atoms with E-state index in [4.69, 9.17) is 10.5 Å². The van der Waals surface area contributed by atoms with Gasteiger partial charge in [0.15, 0.2) is 0 Å². The van der Waals surface area contributed by atoms with Crippen LogP contribution in [0.2, 0.25) is 0 Å². The molecule has 0 amide bonds. The average molecular weight is 304 g/mol. The van der Waals surface area contributed by atoms with E-state index in [0.29, 0.717) is 35.9 Å². The molecule has 0 atom stereocenters. The smallest absolute Gasteiger partial charge is 0.445 e. The summed E-state index contributed by atoms with van der Waals surface area (Å²) < 4.78 is 42.5. The maximum absolute atomic E-state index is 12.4. The third-order valence-corrected chi connectivity index (χ3v) is 3.02. The molecule has 9 heteroatoms. The Balaban J connectivity index is 2.08. The van der Waals surface area contributed by atoms with E-state index in [9.17, 15) is 13.2 Å². The van der Waals surface area contributed by atoms with Crippen LogP contribution in [0.5, 0.6) is 5.75 Å². The highest BCUT2D eigenvalue weighted by Gasteiger charge is 2.35. The molecule has 2 aromatic rings. The maximum atomic E-state index is 12.4. The van der Waals surface area contributed by atoms with Gasteiger partial charge in [0.2, 0.25) is 10.1 Å². The van der Waals surface area contributed by atoms with E-state index in [0.717, 1.165) is 0 Å². The van der Waals surface area contributed by atoms with Crippen LogP contribution in [0, 0.1) is 0 Å². The van der Waals surface area contributed by atoms with Crippen LogP contribution in [0.3, 0.4) is 0 Å². The molecule has 0 saturated carbocycles. The van der Waals surface area contributed by atoms with E-state index in [2.05, 4.69) is 15.5 Å². The standard InChI is InChI=1S/C11H11F3N4OS/c12-11(13,14)9-17-18-10(20-9)16-7-2-1-3-8(6-7)19-5-4-15/h1-3,6H,4-5,15H2,(H,16,18). The summed E-state index contributed by atoms with van der Waals surface area (Å²) in [5.41, 5.74) is 5.88. The number of nitrogens with two attached hydrogens (primary N) is 1. The lowest BCUT2D eigenvalue weighted by Crippen LogP contribution is -2.10. The van der Waals surface area contributed by atoms with Gasteiger partial charge in [-0.15, -0.1) is 10.2 Å². The number of alkyl halides is 3. The topological polar surface area (TPSA) is 73.1 Å². The number of benzene rings is 1. The zero-order valence-corrected chi connectivity index (χ0v) is 11.0. The Morgan fingerprint density at radius 3 is 2.75 bits per heavy atom. The molecule has 0 spiro atoms. The molecule has 0 aliphatic rings. The van der Waals surface area contributed by atoms with Gasteiger partial charge in [0.05, 0.1) is 0 Å². The summed E-state index contributed by atoms with van der Waals surface area (Å²) in [6, 6.07) is 6.76. The molecule has 5 nitrogen and oxygen atoms in total. The van der Waals surface area contributed by atoms with Crippen LogP contribution >= 0.6 is 11.3 Å². The number of nitrogens with one attached hydrogen (secondary N) is 1. The number of rotatable bonds is 5. The molecule has 3 N–H and O–H groups in total. The Hall–Kier alpha value is -1.87. The lowest BCUT2D eigenvalue weighted by molar-refractivity contribution is -0.138. The molecule has 0 saturated heterocycles. The Kier molecular flexibility index (Phi) is 4.40. The molecule has 1 heterocycles. The fourth-order valence-corrected chi connectivity index (χ4v) is 1.98. The molecule has 1 aromatic carbocycles. The second kappa shape index (κ2) is 6.06. The summed E-state index contributed by atoms with van der Waals surface area (Å²) >= 11 is 0.439. The predicted molar refractivity (Wildman–Crippen MR) is 69.2 cm³/mol. The molecule has 108 valence electrons. The Labute approximate surface area is 116 Å². The third-order valence-electron chi connectivity index (χ3n) is 2.14. The molecule has 0 aliphatic heterocycles. The summed E-state index contributed by atoms with van der Waals surface area (Å²) in [6.45, 7) is 0.740. The van der Waals surface area contributed by atoms with Crippen LogP contribution in [-0.4, -0.2) is 23.3 Å². The quantitative estimate of drug-likeness (QED) is 0.888. The first-order valence-corrected chi connectivity index (χ1v) is 6.41. The largest absolute Gasteiger partial charge is 0.492 e. The first-order chi connectivity index (χ1) is 9.49. The van der Waals surface area contributed by atoms with Crippen molar-refractivity contribution in [1.29, 1.82) is 0 Å². The van der Waals surface area contributed by atoms with Gasteiger partial charge in [0.1, 0.15) is 12.4 Å². The summed E-state index contributed by atoms with van der Waals surface area (Å²) in [7, 11) is 0. The number of aromatic nitrogens is 2. The Morgan fingerprint density at radius 2 is 2.10 bits per heavy atom. The second-order valence-corrected chi connectivity index (χ2v) is 4.68. The predicted octanol–water partition coefficient (Wildman–Crippen LogP) is 2.64. The van der Waals surface area contributed by atoms with E-state index in [-0.39, 0.29) is 5.13 Å². The molecular weight excluding hydrogens is 293 g/mol. The molecule has 0 bridgehead atoms. The van der Waals surface area contributed by atoms with Crippen LogP contribution in [0.1, 0.15) is 5.01 Å². The van der Waals surface area contributed by atoms with Crippen LogP contribution < -0.4 is 15.8 Å². The fourth-order valence-electron chi connectivity index (χ4n) is 1.35. The first-order valence-electron chi connectivity index (χ1n) is 5.59. The fraction of sp³-hybridized carbons (Fsp3) is 0.273. The van der Waals surface area contributed by atoms with Crippen molar-refractivity contribution in [2.45, 2.75) is 6.18 Å². The maximum Gasteiger partial charge on any atom is 0.445 e. The Morgan fingerprint density at radius 1 is 1.30 bits per heavy atom. The zero-order valence-electron chi connectivity index (χ0n) is 10.1. The molecule has 0 fully saturated rings. The van der Waals surface area contributed by atoms with E-state index in [1.807, 2.05) is 0 Å². The van der Waals surface area contributed by atoms with E-state index in [1.165, 1.54) is 0 Å². The number of ether oxygens (including phenoxy) is 1. The van der Waals surface area contributed by atoms with Crippen molar-refractivity contribution in [2.75, 3.05) is 18.5 Å². The van der Waals surface area contributed by atoms with Gasteiger partial charge >= 0.3 is 6.18 Å². The highest BCUT2D eigenvalue weighted by molar-refractivity contribution is 7.15. The molecule has 0 unspecified atom stereocenters. The van der Waals surface area contributed by atoms with E-state index < -0.39 is 11.2 Å². The van der Waals surface area contributed by atoms with E-state index >= 15 is 0 Å². The van der Waals surface area contributed by atoms with Crippen molar-refractivity contribution >= 4 is 22.2 Å². The first kappa shape index (κ1) is 14.5. The van der Waals surface area contributed by atoms with Gasteiger partial charge < -0.3 is 15.8 Å². The number of hydrogen-bond acceptors (Lipinski definition) is 6. The third kappa shape index (κ3) is 3.81. The van der Waals surface area contributed by atoms with Crippen molar-refractivity contribution in [3.63, 3.8) is 0 Å². The SMILES string of the molecule is NCCOc1cccc(Nc2nnc(C(F)(F)F)s2)c1. The minimum Gasteiger partial charge on any atom is -0.492 e. The normalized spacial score (nSPS) is 11.4. The Bertz CT molecular complexity index is 573. The van der Waals surface area contributed by atoms with Crippen molar-refractivity contribution < 1.29 is 17.9 Å². The van der Waals surface area contributed by atoms with Gasteiger partial charge in [0, 0.05) is 18.3 Å². The summed E-state index contributed by atoms with van der Waals surface area (Å²) in [5, 5.41) is 8.36. The monoisotopic (exact) mass is 304 g/mol. The minimum atomic E-state index is -4.48. The van der Waals surface area contributed by atoms with Gasteiger partial charge in [-0.25, -0.2) is 0 Å². The average Bonchev–Trinajstić information content (AvgIpc) is 2.85. The van der Waals surface area contributed by atoms with Crippen LogP contribution in [0.4, 0.5) is 24.0 Å². The minimum absolute atomic E-state index is 0.0632. The zero-order chi connectivity index (χ0) is 14.6. The summed E-state index contributed by atoms with van der Waals surface area (Å²) in [6.07, 6.45) is -4.48. The summed E-state index contributed by atoms with van der Waals surface area (Å²) in [5.74, 6) is 0.570. The summed E-state index contributed by atoms with van der Waals surface area (Å²) in [4.78, 5) is 0. The lowest BCUT2D eigenvalue weighted by Gasteiger charge is -2.07. The molecule has 0 aliphatic carbocycles. The van der Waals surface area contributed by atoms with Gasteiger partial charge in [-0.2, -0.15) is 13.2 Å². The van der Waals surface area contributed by atoms with E-state index in [1.54, 1.807) is 24.3 Å². The van der Waals surface area contributed by atoms with Crippen LogP contribution in [-0.2, 0) is 6.18 Å². The molecular formula is C11H11F3N4OS. The van der Waals surface area contributed by atoms with Crippen molar-refractivity contribution in [1.82, 2.24) is 10.2 Å². The number of hydrogen-bond donors (Lipinski definition) is 2. The van der Waals surface area contributed by atoms with Gasteiger partial charge in [-0.1, -0.05) is 17.4 Å². The molecule has 0 radical (unpaired) electrons. The van der Waals surface area contributed by atoms with Crippen molar-refractivity contribution in [3.05, 3.63) is 29.3 Å². The second-order valence-electron chi connectivity index (χ2n) is 3.70. The number of nitrogens with zero attached hydrogens (tertiary/aromatic N) is 2.